The molecule has 0 saturated carbocycles. The van der Waals surface area contributed by atoms with Crippen molar-refractivity contribution in [3.8, 4) is 16.9 Å². The Morgan fingerprint density at radius 2 is 1.91 bits per heavy atom. The fraction of sp³-hybridized carbons (Fsp3) is 0.136. The number of carbonyl (C=O) groups is 2. The standard InChI is InChI=1S/C22H20N6O4/c1-27(20-11-16(31-2)6-8-23-20)21(29)14-7-9-28-18(10-14)17(13-25-28)15-4-5-19(24-12-15)26-22(30)32-3/h4-13H,1-3H3,(H,24,26,30). The van der Waals surface area contributed by atoms with Crippen molar-refractivity contribution < 1.29 is 19.1 Å². The van der Waals surface area contributed by atoms with Gasteiger partial charge < -0.3 is 9.47 Å². The zero-order valence-corrected chi connectivity index (χ0v) is 17.6. The van der Waals surface area contributed by atoms with Gasteiger partial charge in [-0.25, -0.2) is 19.3 Å². The molecule has 162 valence electrons. The fourth-order valence-electron chi connectivity index (χ4n) is 3.13. The summed E-state index contributed by atoms with van der Waals surface area (Å²) in [5.41, 5.74) is 2.78. The van der Waals surface area contributed by atoms with Crippen LogP contribution in [0.15, 0.2) is 61.2 Å². The Morgan fingerprint density at radius 3 is 2.62 bits per heavy atom. The lowest BCUT2D eigenvalue weighted by atomic mass is 10.1. The van der Waals surface area contributed by atoms with Crippen LogP contribution in [-0.2, 0) is 4.74 Å². The van der Waals surface area contributed by atoms with Crippen molar-refractivity contribution in [1.82, 2.24) is 19.6 Å². The molecule has 0 aliphatic heterocycles. The first-order valence-corrected chi connectivity index (χ1v) is 9.57. The summed E-state index contributed by atoms with van der Waals surface area (Å²) < 4.78 is 11.5. The third kappa shape index (κ3) is 4.06. The summed E-state index contributed by atoms with van der Waals surface area (Å²) in [5.74, 6) is 1.22. The predicted octanol–water partition coefficient (Wildman–Crippen LogP) is 3.25. The SMILES string of the molecule is COC(=O)Nc1ccc(-c2cnn3ccc(C(=O)N(C)c4cc(OC)ccn4)cc23)cn1. The first-order chi connectivity index (χ1) is 15.5. The average Bonchev–Trinajstić information content (AvgIpc) is 3.26. The molecule has 4 rings (SSSR count). The Balaban J connectivity index is 1.64. The third-order valence-electron chi connectivity index (χ3n) is 4.86. The van der Waals surface area contributed by atoms with Crippen molar-refractivity contribution in [3.63, 3.8) is 0 Å². The average molecular weight is 432 g/mol. The highest BCUT2D eigenvalue weighted by atomic mass is 16.5. The van der Waals surface area contributed by atoms with Crippen LogP contribution in [0.25, 0.3) is 16.6 Å². The Bertz CT molecular complexity index is 1290. The molecule has 1 N–H and O–H groups in total. The lowest BCUT2D eigenvalue weighted by Gasteiger charge is -2.17. The molecule has 4 heterocycles. The van der Waals surface area contributed by atoms with Gasteiger partial charge in [0, 0.05) is 48.4 Å². The van der Waals surface area contributed by atoms with E-state index in [9.17, 15) is 9.59 Å². The molecule has 0 radical (unpaired) electrons. The molecule has 0 aromatic carbocycles. The van der Waals surface area contributed by atoms with Gasteiger partial charge in [0.15, 0.2) is 0 Å². The van der Waals surface area contributed by atoms with Gasteiger partial charge in [0.1, 0.15) is 17.4 Å². The van der Waals surface area contributed by atoms with Crippen LogP contribution >= 0.6 is 0 Å². The van der Waals surface area contributed by atoms with Crippen LogP contribution in [0.4, 0.5) is 16.4 Å². The number of pyridine rings is 3. The van der Waals surface area contributed by atoms with E-state index in [0.29, 0.717) is 22.9 Å². The molecule has 10 nitrogen and oxygen atoms in total. The van der Waals surface area contributed by atoms with Crippen LogP contribution in [-0.4, -0.2) is 52.8 Å². The number of methoxy groups -OCH3 is 2. The van der Waals surface area contributed by atoms with Gasteiger partial charge in [0.2, 0.25) is 0 Å². The van der Waals surface area contributed by atoms with E-state index in [4.69, 9.17) is 4.74 Å². The van der Waals surface area contributed by atoms with E-state index < -0.39 is 6.09 Å². The highest BCUT2D eigenvalue weighted by Crippen LogP contribution is 2.26. The van der Waals surface area contributed by atoms with Crippen molar-refractivity contribution in [2.45, 2.75) is 0 Å². The quantitative estimate of drug-likeness (QED) is 0.515. The van der Waals surface area contributed by atoms with Gasteiger partial charge in [-0.15, -0.1) is 0 Å². The molecule has 0 unspecified atom stereocenters. The van der Waals surface area contributed by atoms with Crippen LogP contribution in [0.1, 0.15) is 10.4 Å². The zero-order chi connectivity index (χ0) is 22.7. The van der Waals surface area contributed by atoms with Crippen LogP contribution in [0.2, 0.25) is 0 Å². The molecule has 4 aromatic heterocycles. The number of amides is 2. The fourth-order valence-corrected chi connectivity index (χ4v) is 3.13. The van der Waals surface area contributed by atoms with Crippen molar-refractivity contribution in [1.29, 1.82) is 0 Å². The number of carbonyl (C=O) groups excluding carboxylic acids is 2. The van der Waals surface area contributed by atoms with Gasteiger partial charge in [0.25, 0.3) is 5.91 Å². The molecule has 10 heteroatoms. The maximum Gasteiger partial charge on any atom is 0.412 e. The molecule has 0 aliphatic rings. The van der Waals surface area contributed by atoms with Crippen molar-refractivity contribution in [2.75, 3.05) is 31.5 Å². The zero-order valence-electron chi connectivity index (χ0n) is 17.6. The number of nitrogens with one attached hydrogen (secondary N) is 1. The first-order valence-electron chi connectivity index (χ1n) is 9.57. The largest absolute Gasteiger partial charge is 0.497 e. The van der Waals surface area contributed by atoms with Gasteiger partial charge in [-0.2, -0.15) is 5.10 Å². The molecule has 0 atom stereocenters. The van der Waals surface area contributed by atoms with Gasteiger partial charge in [-0.05, 0) is 30.3 Å². The summed E-state index contributed by atoms with van der Waals surface area (Å²) in [6.45, 7) is 0. The molecule has 0 fully saturated rings. The Morgan fingerprint density at radius 1 is 1.06 bits per heavy atom. The van der Waals surface area contributed by atoms with E-state index in [1.54, 1.807) is 79.9 Å². The Kier molecular flexibility index (Phi) is 5.67. The number of nitrogens with zero attached hydrogens (tertiary/aromatic N) is 5. The predicted molar refractivity (Wildman–Crippen MR) is 118 cm³/mol. The molecular formula is C22H20N6O4. The second kappa shape index (κ2) is 8.72. The summed E-state index contributed by atoms with van der Waals surface area (Å²) >= 11 is 0. The molecule has 0 spiro atoms. The van der Waals surface area contributed by atoms with Gasteiger partial charge >= 0.3 is 6.09 Å². The van der Waals surface area contributed by atoms with E-state index in [1.165, 1.54) is 12.0 Å². The third-order valence-corrected chi connectivity index (χ3v) is 4.86. The van der Waals surface area contributed by atoms with Crippen molar-refractivity contribution in [2.24, 2.45) is 0 Å². The Labute approximate surface area is 183 Å². The molecule has 32 heavy (non-hydrogen) atoms. The first kappa shape index (κ1) is 20.8. The summed E-state index contributed by atoms with van der Waals surface area (Å²) in [6, 6.07) is 10.3. The van der Waals surface area contributed by atoms with Crippen LogP contribution < -0.4 is 15.0 Å². The molecule has 0 aliphatic carbocycles. The van der Waals surface area contributed by atoms with Gasteiger partial charge in [-0.3, -0.25) is 15.0 Å². The number of hydrogen-bond donors (Lipinski definition) is 1. The summed E-state index contributed by atoms with van der Waals surface area (Å²) in [6.07, 6.45) is 6.02. The normalized spacial score (nSPS) is 10.6. The summed E-state index contributed by atoms with van der Waals surface area (Å²) in [7, 11) is 4.49. The molecule has 0 bridgehead atoms. The molecule has 0 saturated heterocycles. The molecular weight excluding hydrogens is 412 g/mol. The second-order valence-electron chi connectivity index (χ2n) is 6.77. The van der Waals surface area contributed by atoms with Crippen LogP contribution in [0.5, 0.6) is 5.75 Å². The minimum absolute atomic E-state index is 0.226. The van der Waals surface area contributed by atoms with Crippen molar-refractivity contribution >= 4 is 29.2 Å². The number of anilines is 2. The van der Waals surface area contributed by atoms with Crippen molar-refractivity contribution in [3.05, 3.63) is 66.7 Å². The molecule has 4 aromatic rings. The summed E-state index contributed by atoms with van der Waals surface area (Å²) in [4.78, 5) is 34.3. The topological polar surface area (TPSA) is 111 Å². The number of fused-ring (bicyclic) bond motifs is 1. The number of hydrogen-bond acceptors (Lipinski definition) is 7. The minimum atomic E-state index is -0.598. The highest BCUT2D eigenvalue weighted by Gasteiger charge is 2.17. The smallest absolute Gasteiger partial charge is 0.412 e. The maximum absolute atomic E-state index is 13.1. The Hall–Kier alpha value is -4.47. The van der Waals surface area contributed by atoms with E-state index in [0.717, 1.165) is 16.6 Å². The van der Waals surface area contributed by atoms with E-state index in [1.807, 2.05) is 0 Å². The highest BCUT2D eigenvalue weighted by molar-refractivity contribution is 6.06. The lowest BCUT2D eigenvalue weighted by Crippen LogP contribution is -2.27. The maximum atomic E-state index is 13.1. The second-order valence-corrected chi connectivity index (χ2v) is 6.77. The van der Waals surface area contributed by atoms with E-state index >= 15 is 0 Å². The van der Waals surface area contributed by atoms with Gasteiger partial charge in [0.05, 0.1) is 25.9 Å². The van der Waals surface area contributed by atoms with Gasteiger partial charge in [-0.1, -0.05) is 0 Å². The minimum Gasteiger partial charge on any atom is -0.497 e. The monoisotopic (exact) mass is 432 g/mol. The van der Waals surface area contributed by atoms with E-state index in [2.05, 4.69) is 25.1 Å². The number of rotatable bonds is 5. The molecule has 2 amide bonds. The lowest BCUT2D eigenvalue weighted by molar-refractivity contribution is 0.0992. The number of ether oxygens (including phenoxy) is 2. The van der Waals surface area contributed by atoms with E-state index in [-0.39, 0.29) is 5.91 Å². The number of aromatic nitrogens is 4. The van der Waals surface area contributed by atoms with Crippen LogP contribution in [0, 0.1) is 0 Å². The summed E-state index contributed by atoms with van der Waals surface area (Å²) in [5, 5.41) is 6.85. The van der Waals surface area contributed by atoms with Crippen LogP contribution in [0.3, 0.4) is 0 Å².